The fourth-order valence-corrected chi connectivity index (χ4v) is 5.87. The third-order valence-corrected chi connectivity index (χ3v) is 7.59. The zero-order valence-corrected chi connectivity index (χ0v) is 20.0. The summed E-state index contributed by atoms with van der Waals surface area (Å²) in [6, 6.07) is 8.69. The van der Waals surface area contributed by atoms with Crippen LogP contribution in [0.2, 0.25) is 0 Å². The summed E-state index contributed by atoms with van der Waals surface area (Å²) in [5.41, 5.74) is 3.24. The van der Waals surface area contributed by atoms with Gasteiger partial charge in [-0.15, -0.1) is 17.9 Å². The molecule has 0 bridgehead atoms. The van der Waals surface area contributed by atoms with E-state index < -0.39 is 10.0 Å². The second-order valence-electron chi connectivity index (χ2n) is 7.49. The number of nitrogens with one attached hydrogen (secondary N) is 1. The molecular weight excluding hydrogens is 462 g/mol. The first-order chi connectivity index (χ1) is 15.7. The number of rotatable bonds is 7. The van der Waals surface area contributed by atoms with Crippen molar-refractivity contribution >= 4 is 38.1 Å². The zero-order valence-electron chi connectivity index (χ0n) is 18.4. The van der Waals surface area contributed by atoms with E-state index in [-0.39, 0.29) is 22.5 Å². The van der Waals surface area contributed by atoms with E-state index in [0.717, 1.165) is 11.1 Å². The quantitative estimate of drug-likeness (QED) is 0.505. The molecule has 1 amide bonds. The number of methoxy groups -OCH3 is 1. The lowest BCUT2D eigenvalue weighted by atomic mass is 10.1. The molecule has 0 aliphatic carbocycles. The summed E-state index contributed by atoms with van der Waals surface area (Å²) in [7, 11) is -2.29. The number of carbonyl (C=O) groups excluding carboxylic acids is 1. The number of carbonyl (C=O) groups is 1. The maximum Gasteiger partial charge on any atom is 0.265 e. The van der Waals surface area contributed by atoms with Gasteiger partial charge in [-0.1, -0.05) is 6.08 Å². The molecule has 172 valence electrons. The number of aryl methyl sites for hydroxylation is 2. The van der Waals surface area contributed by atoms with Crippen molar-refractivity contribution in [2.75, 3.05) is 29.9 Å². The van der Waals surface area contributed by atoms with Crippen LogP contribution in [0.5, 0.6) is 11.5 Å². The molecular formula is C23H23N3O5S2. The molecule has 2 aromatic carbocycles. The van der Waals surface area contributed by atoms with Crippen molar-refractivity contribution in [3.8, 4) is 22.8 Å². The van der Waals surface area contributed by atoms with E-state index in [1.807, 2.05) is 6.07 Å². The first-order valence-electron chi connectivity index (χ1n) is 10.1. The Kier molecular flexibility index (Phi) is 6.13. The highest BCUT2D eigenvalue weighted by atomic mass is 32.2. The lowest BCUT2D eigenvalue weighted by Crippen LogP contribution is -2.38. The molecule has 0 spiro atoms. The van der Waals surface area contributed by atoms with Crippen LogP contribution in [0.1, 0.15) is 11.1 Å². The number of benzene rings is 2. The first-order valence-corrected chi connectivity index (χ1v) is 12.4. The lowest BCUT2D eigenvalue weighted by molar-refractivity contribution is -0.121. The van der Waals surface area contributed by atoms with Crippen LogP contribution < -0.4 is 19.1 Å². The number of sulfonamides is 1. The first kappa shape index (κ1) is 22.8. The van der Waals surface area contributed by atoms with Crippen LogP contribution in [0.3, 0.4) is 0 Å². The van der Waals surface area contributed by atoms with Crippen LogP contribution in [0.4, 0.5) is 10.8 Å². The van der Waals surface area contributed by atoms with Crippen molar-refractivity contribution in [3.63, 3.8) is 0 Å². The summed E-state index contributed by atoms with van der Waals surface area (Å²) in [5.74, 6) is 1.07. The molecule has 1 aliphatic heterocycles. The molecule has 0 radical (unpaired) electrons. The normalized spacial score (nSPS) is 13.3. The maximum absolute atomic E-state index is 13.0. The Balaban J connectivity index is 1.62. The van der Waals surface area contributed by atoms with E-state index in [4.69, 9.17) is 9.47 Å². The van der Waals surface area contributed by atoms with Gasteiger partial charge in [0.25, 0.3) is 15.9 Å². The molecule has 2 heterocycles. The smallest absolute Gasteiger partial charge is 0.265 e. The number of ether oxygens (including phenoxy) is 2. The van der Waals surface area contributed by atoms with Gasteiger partial charge in [-0.3, -0.25) is 9.52 Å². The Morgan fingerprint density at radius 1 is 1.27 bits per heavy atom. The van der Waals surface area contributed by atoms with Gasteiger partial charge in [-0.05, 0) is 55.3 Å². The minimum absolute atomic E-state index is 0.0208. The molecule has 8 nitrogen and oxygen atoms in total. The molecule has 3 aromatic rings. The van der Waals surface area contributed by atoms with Crippen molar-refractivity contribution in [1.29, 1.82) is 0 Å². The number of aromatic nitrogens is 1. The Bertz CT molecular complexity index is 1350. The van der Waals surface area contributed by atoms with Crippen LogP contribution >= 0.6 is 11.3 Å². The topological polar surface area (TPSA) is 97.8 Å². The summed E-state index contributed by atoms with van der Waals surface area (Å²) in [6.45, 7) is 7.56. The van der Waals surface area contributed by atoms with E-state index in [9.17, 15) is 13.2 Å². The standard InChI is InChI=1S/C23H23N3O5S2/c1-5-8-26-18-11-16(6-7-19(18)31-12-22(26)27)17-13-32-23(24-17)25-33(28,29)21-10-14(2)20(30-4)9-15(21)3/h5-7,9-11,13H,1,8,12H2,2-4H3,(H,24,25). The Morgan fingerprint density at radius 2 is 2.06 bits per heavy atom. The summed E-state index contributed by atoms with van der Waals surface area (Å²) < 4.78 is 39.4. The van der Waals surface area contributed by atoms with Crippen molar-refractivity contribution < 1.29 is 22.7 Å². The number of fused-ring (bicyclic) bond motifs is 1. The molecule has 33 heavy (non-hydrogen) atoms. The van der Waals surface area contributed by atoms with E-state index in [1.54, 1.807) is 61.6 Å². The summed E-state index contributed by atoms with van der Waals surface area (Å²) in [6.07, 6.45) is 1.65. The molecule has 1 N–H and O–H groups in total. The predicted molar refractivity (Wildman–Crippen MR) is 129 cm³/mol. The molecule has 0 atom stereocenters. The minimum atomic E-state index is -3.84. The van der Waals surface area contributed by atoms with Gasteiger partial charge >= 0.3 is 0 Å². The fraction of sp³-hybridized carbons (Fsp3) is 0.217. The average molecular weight is 486 g/mol. The molecule has 0 saturated heterocycles. The van der Waals surface area contributed by atoms with E-state index in [0.29, 0.717) is 35.0 Å². The van der Waals surface area contributed by atoms with Crippen LogP contribution in [-0.2, 0) is 14.8 Å². The molecule has 1 aromatic heterocycles. The highest BCUT2D eigenvalue weighted by Crippen LogP contribution is 2.37. The second kappa shape index (κ2) is 8.87. The largest absolute Gasteiger partial charge is 0.496 e. The molecule has 4 rings (SSSR count). The lowest BCUT2D eigenvalue weighted by Gasteiger charge is -2.28. The van der Waals surface area contributed by atoms with Gasteiger partial charge in [-0.25, -0.2) is 13.4 Å². The SMILES string of the molecule is C=CCN1C(=O)COc2ccc(-c3csc(NS(=O)(=O)c4cc(C)c(OC)cc4C)n3)cc21. The van der Waals surface area contributed by atoms with Crippen molar-refractivity contribution in [2.24, 2.45) is 0 Å². The monoisotopic (exact) mass is 485 g/mol. The Morgan fingerprint density at radius 3 is 2.79 bits per heavy atom. The average Bonchev–Trinajstić information content (AvgIpc) is 3.24. The number of anilines is 2. The van der Waals surface area contributed by atoms with Gasteiger partial charge in [0.05, 0.1) is 23.4 Å². The number of hydrogen-bond acceptors (Lipinski definition) is 7. The van der Waals surface area contributed by atoms with Crippen LogP contribution in [-0.4, -0.2) is 39.6 Å². The van der Waals surface area contributed by atoms with Gasteiger partial charge in [0.2, 0.25) is 0 Å². The van der Waals surface area contributed by atoms with Crippen LogP contribution in [0.15, 0.2) is 53.3 Å². The summed E-state index contributed by atoms with van der Waals surface area (Å²) >= 11 is 1.18. The third kappa shape index (κ3) is 4.44. The van der Waals surface area contributed by atoms with Gasteiger partial charge in [0, 0.05) is 17.5 Å². The fourth-order valence-electron chi connectivity index (χ4n) is 3.59. The van der Waals surface area contributed by atoms with Gasteiger partial charge < -0.3 is 14.4 Å². The number of amides is 1. The van der Waals surface area contributed by atoms with E-state index in [1.165, 1.54) is 11.3 Å². The Hall–Kier alpha value is -3.37. The number of nitrogens with zero attached hydrogens (tertiary/aromatic N) is 2. The minimum Gasteiger partial charge on any atom is -0.496 e. The highest BCUT2D eigenvalue weighted by molar-refractivity contribution is 7.93. The van der Waals surface area contributed by atoms with Crippen molar-refractivity contribution in [1.82, 2.24) is 4.98 Å². The molecule has 0 fully saturated rings. The van der Waals surface area contributed by atoms with Gasteiger partial charge in [0.15, 0.2) is 11.7 Å². The predicted octanol–water partition coefficient (Wildman–Crippen LogP) is 4.15. The van der Waals surface area contributed by atoms with Crippen molar-refractivity contribution in [3.05, 3.63) is 59.5 Å². The zero-order chi connectivity index (χ0) is 23.8. The van der Waals surface area contributed by atoms with Crippen LogP contribution in [0.25, 0.3) is 11.3 Å². The second-order valence-corrected chi connectivity index (χ2v) is 10.0. The summed E-state index contributed by atoms with van der Waals surface area (Å²) in [4.78, 5) is 18.5. The van der Waals surface area contributed by atoms with E-state index >= 15 is 0 Å². The molecule has 1 aliphatic rings. The Labute approximate surface area is 196 Å². The maximum atomic E-state index is 13.0. The van der Waals surface area contributed by atoms with Gasteiger partial charge in [0.1, 0.15) is 11.5 Å². The number of thiazole rings is 1. The molecule has 10 heteroatoms. The highest BCUT2D eigenvalue weighted by Gasteiger charge is 2.26. The van der Waals surface area contributed by atoms with Crippen molar-refractivity contribution in [2.45, 2.75) is 18.7 Å². The van der Waals surface area contributed by atoms with E-state index in [2.05, 4.69) is 16.3 Å². The van der Waals surface area contributed by atoms with Gasteiger partial charge in [-0.2, -0.15) is 0 Å². The summed E-state index contributed by atoms with van der Waals surface area (Å²) in [5, 5.41) is 2.00. The van der Waals surface area contributed by atoms with Crippen LogP contribution in [0, 0.1) is 13.8 Å². The number of hydrogen-bond donors (Lipinski definition) is 1. The third-order valence-electron chi connectivity index (χ3n) is 5.22. The molecule has 0 saturated carbocycles. The molecule has 0 unspecified atom stereocenters.